The Morgan fingerprint density at radius 1 is 1.03 bits per heavy atom. The predicted octanol–water partition coefficient (Wildman–Crippen LogP) is 6.33. The van der Waals surface area contributed by atoms with Gasteiger partial charge < -0.3 is 10.4 Å². The van der Waals surface area contributed by atoms with Crippen molar-refractivity contribution >= 4 is 49.7 Å². The Balaban J connectivity index is 1.57. The van der Waals surface area contributed by atoms with Crippen molar-refractivity contribution < 1.29 is 18.3 Å². The number of hydrogen-bond acceptors (Lipinski definition) is 6. The van der Waals surface area contributed by atoms with Crippen LogP contribution in [0.1, 0.15) is 29.7 Å². The monoisotopic (exact) mass is 541 g/mol. The zero-order chi connectivity index (χ0) is 26.0. The average molecular weight is 542 g/mol. The van der Waals surface area contributed by atoms with Gasteiger partial charge in [-0.15, -0.1) is 0 Å². The largest absolute Gasteiger partial charge is 0.508 e. The maximum atomic E-state index is 13.1. The van der Waals surface area contributed by atoms with Gasteiger partial charge in [0.15, 0.2) is 5.13 Å². The van der Waals surface area contributed by atoms with Gasteiger partial charge in [-0.25, -0.2) is 13.4 Å². The molecule has 3 N–H and O–H groups in total. The molecule has 4 aromatic rings. The highest BCUT2D eigenvalue weighted by atomic mass is 35.5. The summed E-state index contributed by atoms with van der Waals surface area (Å²) in [6.07, 6.45) is 0. The van der Waals surface area contributed by atoms with Gasteiger partial charge in [-0.1, -0.05) is 47.2 Å². The second-order valence-corrected chi connectivity index (χ2v) is 11.4. The first-order valence-corrected chi connectivity index (χ1v) is 13.7. The number of amides is 1. The van der Waals surface area contributed by atoms with Crippen LogP contribution < -0.4 is 10.0 Å². The summed E-state index contributed by atoms with van der Waals surface area (Å²) >= 11 is 7.22. The molecule has 186 valence electrons. The van der Waals surface area contributed by atoms with Crippen LogP contribution in [0.4, 0.5) is 10.8 Å². The SMILES string of the molecule is Cc1ccc(-c2sc(NC(=O)[C@H](C)c3ccc(Cl)cc3)nc2C)cc1S(=O)(=O)Nc1ccc(O)cc1. The molecule has 1 heterocycles. The number of aromatic nitrogens is 1. The third kappa shape index (κ3) is 5.70. The molecule has 0 spiro atoms. The van der Waals surface area contributed by atoms with Crippen LogP contribution in [0.3, 0.4) is 0 Å². The van der Waals surface area contributed by atoms with E-state index in [0.29, 0.717) is 32.7 Å². The lowest BCUT2D eigenvalue weighted by Crippen LogP contribution is -2.18. The van der Waals surface area contributed by atoms with Gasteiger partial charge >= 0.3 is 0 Å². The maximum absolute atomic E-state index is 13.1. The van der Waals surface area contributed by atoms with Crippen molar-refractivity contribution in [1.29, 1.82) is 0 Å². The van der Waals surface area contributed by atoms with E-state index in [0.717, 1.165) is 10.4 Å². The molecule has 0 fully saturated rings. The van der Waals surface area contributed by atoms with Crippen molar-refractivity contribution in [3.05, 3.63) is 88.6 Å². The van der Waals surface area contributed by atoms with Crippen molar-refractivity contribution in [2.24, 2.45) is 0 Å². The van der Waals surface area contributed by atoms with Crippen LogP contribution in [0, 0.1) is 13.8 Å². The Hall–Kier alpha value is -3.40. The van der Waals surface area contributed by atoms with Gasteiger partial charge in [0.1, 0.15) is 5.75 Å². The van der Waals surface area contributed by atoms with Crippen LogP contribution in [0.15, 0.2) is 71.6 Å². The molecule has 0 radical (unpaired) electrons. The number of aryl methyl sites for hydroxylation is 2. The summed E-state index contributed by atoms with van der Waals surface area (Å²) in [7, 11) is -3.88. The molecule has 0 saturated heterocycles. The van der Waals surface area contributed by atoms with Crippen molar-refractivity contribution in [3.8, 4) is 16.2 Å². The Labute approximate surface area is 218 Å². The van der Waals surface area contributed by atoms with E-state index < -0.39 is 15.9 Å². The molecule has 0 aliphatic rings. The molecule has 0 unspecified atom stereocenters. The van der Waals surface area contributed by atoms with Crippen LogP contribution in [0.25, 0.3) is 10.4 Å². The number of carbonyl (C=O) groups is 1. The number of phenolic OH excluding ortho intramolecular Hbond substituents is 1. The zero-order valence-corrected chi connectivity index (χ0v) is 22.1. The number of phenols is 1. The highest BCUT2D eigenvalue weighted by molar-refractivity contribution is 7.92. The summed E-state index contributed by atoms with van der Waals surface area (Å²) in [6, 6.07) is 18.1. The number of hydrogen-bond donors (Lipinski definition) is 3. The molecule has 1 aromatic heterocycles. The fraction of sp³-hybridized carbons (Fsp3) is 0.154. The van der Waals surface area contributed by atoms with Crippen LogP contribution in [-0.4, -0.2) is 24.4 Å². The second-order valence-electron chi connectivity index (χ2n) is 8.33. The smallest absolute Gasteiger partial charge is 0.262 e. The molecule has 0 bridgehead atoms. The summed E-state index contributed by atoms with van der Waals surface area (Å²) in [5.41, 5.74) is 3.10. The number of rotatable bonds is 7. The first kappa shape index (κ1) is 25.7. The van der Waals surface area contributed by atoms with Crippen LogP contribution >= 0.6 is 22.9 Å². The van der Waals surface area contributed by atoms with E-state index in [1.54, 1.807) is 38.1 Å². The Bertz CT molecular complexity index is 1520. The molecule has 10 heteroatoms. The summed E-state index contributed by atoms with van der Waals surface area (Å²) < 4.78 is 28.8. The number of benzene rings is 3. The lowest BCUT2D eigenvalue weighted by molar-refractivity contribution is -0.117. The summed E-state index contributed by atoms with van der Waals surface area (Å²) in [6.45, 7) is 5.34. The molecule has 0 aliphatic carbocycles. The lowest BCUT2D eigenvalue weighted by Gasteiger charge is -2.12. The van der Waals surface area contributed by atoms with E-state index in [1.807, 2.05) is 25.1 Å². The van der Waals surface area contributed by atoms with Crippen molar-refractivity contribution in [3.63, 3.8) is 0 Å². The third-order valence-corrected chi connectivity index (χ3v) is 8.55. The second kappa shape index (κ2) is 10.3. The molecule has 36 heavy (non-hydrogen) atoms. The van der Waals surface area contributed by atoms with E-state index in [1.165, 1.54) is 35.6 Å². The number of sulfonamides is 1. The van der Waals surface area contributed by atoms with E-state index >= 15 is 0 Å². The molecule has 4 rings (SSSR count). The van der Waals surface area contributed by atoms with Crippen molar-refractivity contribution in [2.75, 3.05) is 10.0 Å². The molecule has 7 nitrogen and oxygen atoms in total. The molecule has 1 atom stereocenters. The zero-order valence-electron chi connectivity index (χ0n) is 19.7. The van der Waals surface area contributed by atoms with Gasteiger partial charge in [-0.05, 0) is 79.9 Å². The van der Waals surface area contributed by atoms with Crippen molar-refractivity contribution in [2.45, 2.75) is 31.6 Å². The van der Waals surface area contributed by atoms with Gasteiger partial charge in [-0.2, -0.15) is 0 Å². The normalized spacial score (nSPS) is 12.2. The van der Waals surface area contributed by atoms with Crippen LogP contribution in [0.5, 0.6) is 5.75 Å². The minimum absolute atomic E-state index is 0.0438. The number of halogens is 1. The number of nitrogens with one attached hydrogen (secondary N) is 2. The average Bonchev–Trinajstić information content (AvgIpc) is 3.20. The highest BCUT2D eigenvalue weighted by Crippen LogP contribution is 2.35. The van der Waals surface area contributed by atoms with Gasteiger partial charge in [-0.3, -0.25) is 9.52 Å². The quantitative estimate of drug-likeness (QED) is 0.237. The van der Waals surface area contributed by atoms with Gasteiger partial charge in [0.2, 0.25) is 5.91 Å². The summed E-state index contributed by atoms with van der Waals surface area (Å²) in [5, 5.41) is 13.3. The minimum atomic E-state index is -3.88. The van der Waals surface area contributed by atoms with E-state index in [9.17, 15) is 18.3 Å². The Morgan fingerprint density at radius 3 is 2.36 bits per heavy atom. The molecular formula is C26H24ClN3O4S2. The lowest BCUT2D eigenvalue weighted by atomic mass is 10.0. The van der Waals surface area contributed by atoms with Gasteiger partial charge in [0.05, 0.1) is 21.4 Å². The first-order chi connectivity index (χ1) is 17.0. The molecule has 3 aromatic carbocycles. The van der Waals surface area contributed by atoms with E-state index in [4.69, 9.17) is 11.6 Å². The summed E-state index contributed by atoms with van der Waals surface area (Å²) in [4.78, 5) is 18.2. The minimum Gasteiger partial charge on any atom is -0.508 e. The van der Waals surface area contributed by atoms with E-state index in [2.05, 4.69) is 15.0 Å². The molecule has 1 amide bonds. The van der Waals surface area contributed by atoms with E-state index in [-0.39, 0.29) is 16.6 Å². The number of aromatic hydroxyl groups is 1. The third-order valence-electron chi connectivity index (χ3n) is 5.65. The van der Waals surface area contributed by atoms with Gasteiger partial charge in [0.25, 0.3) is 10.0 Å². The maximum Gasteiger partial charge on any atom is 0.262 e. The van der Waals surface area contributed by atoms with Crippen LogP contribution in [0.2, 0.25) is 5.02 Å². The van der Waals surface area contributed by atoms with Gasteiger partial charge in [0, 0.05) is 10.7 Å². The standard InChI is InChI=1S/C26H24ClN3O4S2/c1-15-4-5-19(14-23(15)36(33,34)30-21-10-12-22(31)13-11-21)24-17(3)28-26(35-24)29-25(32)16(2)18-6-8-20(27)9-7-18/h4-14,16,30-31H,1-3H3,(H,28,29,32)/t16-/m1/s1. The van der Waals surface area contributed by atoms with Crippen molar-refractivity contribution in [1.82, 2.24) is 4.98 Å². The predicted molar refractivity (Wildman–Crippen MR) is 144 cm³/mol. The number of carbonyl (C=O) groups excluding carboxylic acids is 1. The summed E-state index contributed by atoms with van der Waals surface area (Å²) in [5.74, 6) is -0.567. The topological polar surface area (TPSA) is 108 Å². The van der Waals surface area contributed by atoms with Crippen LogP contribution in [-0.2, 0) is 14.8 Å². The molecular weight excluding hydrogens is 518 g/mol. The Kier molecular flexibility index (Phi) is 7.35. The highest BCUT2D eigenvalue weighted by Gasteiger charge is 2.21. The first-order valence-electron chi connectivity index (χ1n) is 11.0. The fourth-order valence-electron chi connectivity index (χ4n) is 3.60. The fourth-order valence-corrected chi connectivity index (χ4v) is 6.03. The Morgan fingerprint density at radius 2 is 1.69 bits per heavy atom. The molecule has 0 saturated carbocycles. The number of anilines is 2. The molecule has 0 aliphatic heterocycles. The number of thiazole rings is 1. The number of nitrogens with zero attached hydrogens (tertiary/aromatic N) is 1.